The van der Waals surface area contributed by atoms with Gasteiger partial charge in [0, 0.05) is 43.7 Å². The Balaban J connectivity index is 1.26. The lowest BCUT2D eigenvalue weighted by Gasteiger charge is -2.26. The van der Waals surface area contributed by atoms with Crippen LogP contribution in [0.25, 0.3) is 76.8 Å². The minimum Gasteiger partial charge on any atom is -0.354 e. The highest BCUT2D eigenvalue weighted by Gasteiger charge is 2.38. The summed E-state index contributed by atoms with van der Waals surface area (Å²) in [4.78, 5) is 3.68. The van der Waals surface area contributed by atoms with Crippen molar-refractivity contribution in [3.05, 3.63) is 144 Å². The Bertz CT molecular complexity index is 2620. The second-order valence-corrected chi connectivity index (χ2v) is 13.3. The normalized spacial score (nSPS) is 15.8. The molecule has 6 aromatic carbocycles. The highest BCUT2D eigenvalue weighted by atomic mass is 15.0. The van der Waals surface area contributed by atoms with E-state index >= 15 is 0 Å². The monoisotopic (exact) mass is 576 g/mol. The molecule has 2 aliphatic carbocycles. The largest absolute Gasteiger partial charge is 0.354 e. The lowest BCUT2D eigenvalue weighted by atomic mass is 9.79. The molecule has 1 N–H and O–H groups in total. The molecule has 0 atom stereocenters. The lowest BCUT2D eigenvalue weighted by Crippen LogP contribution is -2.17. The summed E-state index contributed by atoms with van der Waals surface area (Å²) in [6, 6.07) is 45.0. The quantitative estimate of drug-likeness (QED) is 0.211. The van der Waals surface area contributed by atoms with Crippen molar-refractivity contribution < 1.29 is 0 Å². The number of para-hydroxylation sites is 2. The molecule has 0 saturated carbocycles. The number of fused-ring (bicyclic) bond motifs is 10. The van der Waals surface area contributed by atoms with Gasteiger partial charge in [0.15, 0.2) is 0 Å². The third kappa shape index (κ3) is 3.34. The smallest absolute Gasteiger partial charge is 0.0550 e. The van der Waals surface area contributed by atoms with Crippen LogP contribution in [-0.4, -0.2) is 9.55 Å². The van der Waals surface area contributed by atoms with Crippen LogP contribution in [0.4, 0.5) is 0 Å². The van der Waals surface area contributed by atoms with Gasteiger partial charge in [-0.25, -0.2) is 0 Å². The minimum absolute atomic E-state index is 0.0107. The topological polar surface area (TPSA) is 20.7 Å². The number of allylic oxidation sites excluding steroid dienone is 4. The molecular weight excluding hydrogens is 544 g/mol. The fourth-order valence-corrected chi connectivity index (χ4v) is 8.56. The van der Waals surface area contributed by atoms with Crippen molar-refractivity contribution in [3.63, 3.8) is 0 Å². The molecule has 0 spiro atoms. The van der Waals surface area contributed by atoms with Crippen LogP contribution in [0.2, 0.25) is 0 Å². The van der Waals surface area contributed by atoms with Crippen LogP contribution in [-0.2, 0) is 5.41 Å². The summed E-state index contributed by atoms with van der Waals surface area (Å²) in [5, 5.41) is 7.79. The first-order valence-corrected chi connectivity index (χ1v) is 16.1. The van der Waals surface area contributed by atoms with Gasteiger partial charge in [-0.2, -0.15) is 0 Å². The summed E-state index contributed by atoms with van der Waals surface area (Å²) in [6.45, 7) is 4.79. The van der Waals surface area contributed by atoms with Crippen molar-refractivity contribution >= 4 is 65.7 Å². The Hall–Kier alpha value is -5.34. The standard InChI is InChI=1S/C43H32N2/c1-43(2)36-16-8-5-12-29(36)30-22-20-27(24-37(30)43)45-40-18-10-7-15-34(40)42-33-14-4-3-11-28(33)35(25-41(42)45)26-19-21-32-31-13-6-9-17-38(31)44-39(32)23-26/h3-19,21,23-25,44H,20,22H2,1-2H3. The Morgan fingerprint density at radius 2 is 1.29 bits per heavy atom. The molecule has 0 saturated heterocycles. The maximum absolute atomic E-state index is 3.68. The summed E-state index contributed by atoms with van der Waals surface area (Å²) < 4.78 is 2.57. The van der Waals surface area contributed by atoms with Crippen LogP contribution in [0.1, 0.15) is 37.8 Å². The number of nitrogens with one attached hydrogen (secondary N) is 1. The van der Waals surface area contributed by atoms with Crippen LogP contribution in [0.3, 0.4) is 0 Å². The van der Waals surface area contributed by atoms with Gasteiger partial charge in [-0.1, -0.05) is 111 Å². The Labute approximate surface area is 261 Å². The average Bonchev–Trinajstić information content (AvgIpc) is 3.70. The fraction of sp³-hybridized carbons (Fsp3) is 0.116. The average molecular weight is 577 g/mol. The van der Waals surface area contributed by atoms with Gasteiger partial charge in [0.05, 0.1) is 11.0 Å². The molecule has 2 heteroatoms. The first-order valence-electron chi connectivity index (χ1n) is 16.1. The van der Waals surface area contributed by atoms with Crippen molar-refractivity contribution in [2.75, 3.05) is 0 Å². The van der Waals surface area contributed by atoms with E-state index in [0.717, 1.165) is 12.8 Å². The fourth-order valence-electron chi connectivity index (χ4n) is 8.56. The van der Waals surface area contributed by atoms with Crippen LogP contribution in [0, 0.1) is 0 Å². The molecule has 10 rings (SSSR count). The molecule has 45 heavy (non-hydrogen) atoms. The predicted molar refractivity (Wildman–Crippen MR) is 192 cm³/mol. The van der Waals surface area contributed by atoms with Gasteiger partial charge in [0.2, 0.25) is 0 Å². The van der Waals surface area contributed by atoms with Gasteiger partial charge in [0.25, 0.3) is 0 Å². The van der Waals surface area contributed by atoms with Gasteiger partial charge < -0.3 is 9.55 Å². The summed E-state index contributed by atoms with van der Waals surface area (Å²) in [6.07, 6.45) is 4.60. The molecule has 2 nitrogen and oxygen atoms in total. The van der Waals surface area contributed by atoms with Gasteiger partial charge in [0.1, 0.15) is 0 Å². The predicted octanol–water partition coefficient (Wildman–Crippen LogP) is 11.6. The molecule has 0 unspecified atom stereocenters. The second-order valence-electron chi connectivity index (χ2n) is 13.3. The third-order valence-corrected chi connectivity index (χ3v) is 10.6. The number of hydrogen-bond donors (Lipinski definition) is 1. The molecule has 0 aliphatic heterocycles. The maximum Gasteiger partial charge on any atom is 0.0550 e. The summed E-state index contributed by atoms with van der Waals surface area (Å²) >= 11 is 0. The van der Waals surface area contributed by atoms with Crippen molar-refractivity contribution in [1.29, 1.82) is 0 Å². The number of aromatic amines is 1. The number of nitrogens with zero attached hydrogens (tertiary/aromatic N) is 1. The van der Waals surface area contributed by atoms with Crippen LogP contribution in [0.15, 0.2) is 133 Å². The molecule has 0 fully saturated rings. The molecule has 8 aromatic rings. The molecule has 2 aromatic heterocycles. The van der Waals surface area contributed by atoms with E-state index in [2.05, 4.69) is 151 Å². The van der Waals surface area contributed by atoms with Crippen molar-refractivity contribution in [2.24, 2.45) is 0 Å². The highest BCUT2D eigenvalue weighted by molar-refractivity contribution is 6.25. The molecular formula is C43H32N2. The Morgan fingerprint density at radius 3 is 2.18 bits per heavy atom. The molecule has 0 bridgehead atoms. The maximum atomic E-state index is 3.68. The lowest BCUT2D eigenvalue weighted by molar-refractivity contribution is 0.651. The second kappa shape index (κ2) is 8.86. The van der Waals surface area contributed by atoms with Gasteiger partial charge in [-0.3, -0.25) is 0 Å². The number of H-pyrrole nitrogens is 1. The van der Waals surface area contributed by atoms with Crippen LogP contribution in [0.5, 0.6) is 0 Å². The SMILES string of the molecule is CC1(C)C2=C(CCC(n3c4ccccc4c4c5ccccc5c(-c5ccc6c(c5)[nH]c5ccccc56)cc43)=C2)c2ccccc21. The first-order chi connectivity index (χ1) is 22.1. The van der Waals surface area contributed by atoms with E-state index < -0.39 is 0 Å². The van der Waals surface area contributed by atoms with E-state index in [4.69, 9.17) is 0 Å². The van der Waals surface area contributed by atoms with Crippen molar-refractivity contribution in [1.82, 2.24) is 9.55 Å². The zero-order valence-electron chi connectivity index (χ0n) is 25.5. The van der Waals surface area contributed by atoms with E-state index in [1.54, 1.807) is 0 Å². The molecule has 0 amide bonds. The molecule has 214 valence electrons. The van der Waals surface area contributed by atoms with Gasteiger partial charge in [-0.15, -0.1) is 0 Å². The summed E-state index contributed by atoms with van der Waals surface area (Å²) in [5.74, 6) is 0. The van der Waals surface area contributed by atoms with Crippen LogP contribution < -0.4 is 0 Å². The van der Waals surface area contributed by atoms with E-state index in [-0.39, 0.29) is 5.41 Å². The minimum atomic E-state index is -0.0107. The Kier molecular flexibility index (Phi) is 4.93. The van der Waals surface area contributed by atoms with Gasteiger partial charge >= 0.3 is 0 Å². The van der Waals surface area contributed by atoms with E-state index in [9.17, 15) is 0 Å². The number of benzene rings is 6. The van der Waals surface area contributed by atoms with E-state index in [1.165, 1.54) is 93.5 Å². The van der Waals surface area contributed by atoms with Gasteiger partial charge in [-0.05, 0) is 87.4 Å². The summed E-state index contributed by atoms with van der Waals surface area (Å²) in [7, 11) is 0. The van der Waals surface area contributed by atoms with Crippen molar-refractivity contribution in [3.8, 4) is 11.1 Å². The van der Waals surface area contributed by atoms with E-state index in [1.807, 2.05) is 0 Å². The number of hydrogen-bond acceptors (Lipinski definition) is 0. The third-order valence-electron chi connectivity index (χ3n) is 10.6. The molecule has 2 heterocycles. The highest BCUT2D eigenvalue weighted by Crippen LogP contribution is 2.52. The summed E-state index contributed by atoms with van der Waals surface area (Å²) in [5.41, 5.74) is 14.7. The first kappa shape index (κ1) is 25.0. The zero-order valence-corrected chi connectivity index (χ0v) is 25.5. The van der Waals surface area contributed by atoms with Crippen LogP contribution >= 0.6 is 0 Å². The van der Waals surface area contributed by atoms with Crippen molar-refractivity contribution in [2.45, 2.75) is 32.1 Å². The number of aromatic nitrogens is 2. The molecule has 0 radical (unpaired) electrons. The number of rotatable bonds is 2. The Morgan fingerprint density at radius 1 is 0.578 bits per heavy atom. The molecule has 2 aliphatic rings. The van der Waals surface area contributed by atoms with E-state index in [0.29, 0.717) is 0 Å². The zero-order chi connectivity index (χ0) is 29.9.